The van der Waals surface area contributed by atoms with Gasteiger partial charge in [-0.15, -0.1) is 0 Å². The van der Waals surface area contributed by atoms with Crippen LogP contribution >= 0.6 is 0 Å². The standard InChI is InChI=1S/C33H49N3O5/c1-8-9-11-18-36-32(37)27-22-31(41-7)29(39-5)20-25(27)15-19-35-17-12-10-16-33(23-34,24(2)3)26-13-14-28(38-4)30(21-26)40-6/h13-14,20-22,24,35H,8-12,15-19H2,1-7H3,(H,36,37). The summed E-state index contributed by atoms with van der Waals surface area (Å²) in [6.45, 7) is 8.52. The van der Waals surface area contributed by atoms with Gasteiger partial charge in [-0.25, -0.2) is 0 Å². The molecule has 2 rings (SSSR count). The Bertz CT molecular complexity index is 1140. The Hall–Kier alpha value is -3.44. The van der Waals surface area contributed by atoms with Crippen molar-refractivity contribution in [2.75, 3.05) is 48.1 Å². The molecule has 0 aromatic heterocycles. The highest BCUT2D eigenvalue weighted by atomic mass is 16.5. The van der Waals surface area contributed by atoms with E-state index in [9.17, 15) is 10.1 Å². The minimum Gasteiger partial charge on any atom is -0.493 e. The fourth-order valence-electron chi connectivity index (χ4n) is 5.14. The zero-order valence-electron chi connectivity index (χ0n) is 26.0. The van der Waals surface area contributed by atoms with Crippen molar-refractivity contribution in [1.82, 2.24) is 10.6 Å². The van der Waals surface area contributed by atoms with Gasteiger partial charge in [0, 0.05) is 12.1 Å². The van der Waals surface area contributed by atoms with Crippen molar-refractivity contribution in [1.29, 1.82) is 5.26 Å². The zero-order valence-corrected chi connectivity index (χ0v) is 26.0. The molecule has 0 aliphatic heterocycles. The predicted molar refractivity (Wildman–Crippen MR) is 164 cm³/mol. The molecule has 0 saturated carbocycles. The van der Waals surface area contributed by atoms with Crippen LogP contribution < -0.4 is 29.6 Å². The van der Waals surface area contributed by atoms with Gasteiger partial charge < -0.3 is 29.6 Å². The van der Waals surface area contributed by atoms with Crippen LogP contribution in [-0.2, 0) is 11.8 Å². The Morgan fingerprint density at radius 2 is 1.49 bits per heavy atom. The van der Waals surface area contributed by atoms with Crippen molar-refractivity contribution < 1.29 is 23.7 Å². The number of hydrogen-bond acceptors (Lipinski definition) is 7. The van der Waals surface area contributed by atoms with Gasteiger partial charge in [-0.05, 0) is 80.1 Å². The average molecular weight is 568 g/mol. The second-order valence-corrected chi connectivity index (χ2v) is 10.6. The number of ether oxygens (including phenoxy) is 4. The molecule has 8 heteroatoms. The average Bonchev–Trinajstić information content (AvgIpc) is 2.99. The Morgan fingerprint density at radius 3 is 2.10 bits per heavy atom. The molecule has 2 N–H and O–H groups in total. The maximum Gasteiger partial charge on any atom is 0.251 e. The van der Waals surface area contributed by atoms with Crippen molar-refractivity contribution in [3.8, 4) is 29.1 Å². The van der Waals surface area contributed by atoms with Crippen LogP contribution in [0.5, 0.6) is 23.0 Å². The van der Waals surface area contributed by atoms with E-state index in [0.29, 0.717) is 41.5 Å². The summed E-state index contributed by atoms with van der Waals surface area (Å²) in [7, 11) is 6.40. The molecule has 0 saturated heterocycles. The molecule has 2 aromatic rings. The van der Waals surface area contributed by atoms with Crippen LogP contribution in [0.1, 0.15) is 80.8 Å². The number of methoxy groups -OCH3 is 4. The number of hydrogen-bond donors (Lipinski definition) is 2. The second kappa shape index (κ2) is 17.4. The number of nitriles is 1. The number of amides is 1. The number of benzene rings is 2. The normalized spacial score (nSPS) is 12.4. The summed E-state index contributed by atoms with van der Waals surface area (Å²) in [5.41, 5.74) is 1.87. The smallest absolute Gasteiger partial charge is 0.251 e. The molecular formula is C33H49N3O5. The molecule has 0 aliphatic rings. The molecule has 1 amide bonds. The fourth-order valence-corrected chi connectivity index (χ4v) is 5.14. The lowest BCUT2D eigenvalue weighted by Gasteiger charge is -2.32. The predicted octanol–water partition coefficient (Wildman–Crippen LogP) is 6.06. The third-order valence-corrected chi connectivity index (χ3v) is 7.75. The van der Waals surface area contributed by atoms with Gasteiger partial charge in [-0.1, -0.05) is 46.1 Å². The van der Waals surface area contributed by atoms with E-state index in [1.165, 1.54) is 0 Å². The number of carbonyl (C=O) groups excluding carboxylic acids is 1. The number of nitrogens with zero attached hydrogens (tertiary/aromatic N) is 1. The molecule has 0 spiro atoms. The molecule has 0 radical (unpaired) electrons. The Morgan fingerprint density at radius 1 is 0.854 bits per heavy atom. The van der Waals surface area contributed by atoms with E-state index in [4.69, 9.17) is 18.9 Å². The van der Waals surface area contributed by atoms with Crippen LogP contribution in [0.4, 0.5) is 0 Å². The van der Waals surface area contributed by atoms with Gasteiger partial charge >= 0.3 is 0 Å². The summed E-state index contributed by atoms with van der Waals surface area (Å²) in [4.78, 5) is 13.0. The lowest BCUT2D eigenvalue weighted by Crippen LogP contribution is -2.31. The van der Waals surface area contributed by atoms with Crippen LogP contribution in [0.3, 0.4) is 0 Å². The number of unbranched alkanes of at least 4 members (excludes halogenated alkanes) is 3. The molecule has 0 fully saturated rings. The largest absolute Gasteiger partial charge is 0.493 e. The first kappa shape index (κ1) is 33.8. The van der Waals surface area contributed by atoms with Crippen molar-refractivity contribution in [2.24, 2.45) is 5.92 Å². The van der Waals surface area contributed by atoms with Crippen molar-refractivity contribution in [3.05, 3.63) is 47.0 Å². The van der Waals surface area contributed by atoms with E-state index in [1.807, 2.05) is 24.3 Å². The van der Waals surface area contributed by atoms with Crippen molar-refractivity contribution in [3.63, 3.8) is 0 Å². The quantitative estimate of drug-likeness (QED) is 0.199. The SMILES string of the molecule is CCCCCNC(=O)c1cc(OC)c(OC)cc1CCNCCCCC(C#N)(c1ccc(OC)c(OC)c1)C(C)C. The first-order valence-electron chi connectivity index (χ1n) is 14.7. The monoisotopic (exact) mass is 567 g/mol. The number of nitrogens with one attached hydrogen (secondary N) is 2. The highest BCUT2D eigenvalue weighted by Crippen LogP contribution is 2.40. The van der Waals surface area contributed by atoms with Gasteiger partial charge in [0.1, 0.15) is 0 Å². The summed E-state index contributed by atoms with van der Waals surface area (Å²) < 4.78 is 21.8. The first-order chi connectivity index (χ1) is 19.8. The molecule has 8 nitrogen and oxygen atoms in total. The summed E-state index contributed by atoms with van der Waals surface area (Å²) in [5, 5.41) is 16.8. The second-order valence-electron chi connectivity index (χ2n) is 10.6. The summed E-state index contributed by atoms with van der Waals surface area (Å²) >= 11 is 0. The fraction of sp³-hybridized carbons (Fsp3) is 0.576. The van der Waals surface area contributed by atoms with E-state index in [-0.39, 0.29) is 11.8 Å². The van der Waals surface area contributed by atoms with E-state index in [2.05, 4.69) is 37.5 Å². The summed E-state index contributed by atoms with van der Waals surface area (Å²) in [5.74, 6) is 2.49. The minimum absolute atomic E-state index is 0.0891. The molecular weight excluding hydrogens is 518 g/mol. The Balaban J connectivity index is 1.99. The molecule has 1 atom stereocenters. The first-order valence-corrected chi connectivity index (χ1v) is 14.7. The lowest BCUT2D eigenvalue weighted by atomic mass is 9.69. The van der Waals surface area contributed by atoms with Gasteiger partial charge in [0.25, 0.3) is 5.91 Å². The lowest BCUT2D eigenvalue weighted by molar-refractivity contribution is 0.0951. The van der Waals surface area contributed by atoms with Gasteiger partial charge in [-0.3, -0.25) is 4.79 Å². The Kier molecular flexibility index (Phi) is 14.3. The van der Waals surface area contributed by atoms with Crippen LogP contribution in [0.25, 0.3) is 0 Å². The van der Waals surface area contributed by atoms with Gasteiger partial charge in [0.2, 0.25) is 0 Å². The van der Waals surface area contributed by atoms with Crippen molar-refractivity contribution >= 4 is 5.91 Å². The summed E-state index contributed by atoms with van der Waals surface area (Å²) in [6.07, 6.45) is 6.41. The van der Waals surface area contributed by atoms with Crippen LogP contribution in [0.15, 0.2) is 30.3 Å². The van der Waals surface area contributed by atoms with Gasteiger partial charge in [0.15, 0.2) is 23.0 Å². The maximum absolute atomic E-state index is 13.0. The zero-order chi connectivity index (χ0) is 30.3. The molecule has 0 bridgehead atoms. The third kappa shape index (κ3) is 9.02. The number of rotatable bonds is 19. The molecule has 41 heavy (non-hydrogen) atoms. The topological polar surface area (TPSA) is 102 Å². The molecule has 0 heterocycles. The maximum atomic E-state index is 13.0. The highest BCUT2D eigenvalue weighted by Gasteiger charge is 2.36. The number of carbonyl (C=O) groups is 1. The third-order valence-electron chi connectivity index (χ3n) is 7.75. The van der Waals surface area contributed by atoms with E-state index < -0.39 is 5.41 Å². The molecule has 1 unspecified atom stereocenters. The molecule has 2 aromatic carbocycles. The summed E-state index contributed by atoms with van der Waals surface area (Å²) in [6, 6.07) is 12.1. The molecule has 226 valence electrons. The van der Waals surface area contributed by atoms with E-state index >= 15 is 0 Å². The minimum atomic E-state index is -0.613. The van der Waals surface area contributed by atoms with Gasteiger partial charge in [-0.2, -0.15) is 5.26 Å². The van der Waals surface area contributed by atoms with Crippen LogP contribution in [-0.4, -0.2) is 54.0 Å². The van der Waals surface area contributed by atoms with Crippen LogP contribution in [0.2, 0.25) is 0 Å². The van der Waals surface area contributed by atoms with E-state index in [0.717, 1.165) is 62.7 Å². The molecule has 0 aliphatic carbocycles. The van der Waals surface area contributed by atoms with Crippen LogP contribution in [0, 0.1) is 17.2 Å². The van der Waals surface area contributed by atoms with E-state index in [1.54, 1.807) is 34.5 Å². The van der Waals surface area contributed by atoms with Crippen molar-refractivity contribution in [2.45, 2.75) is 71.1 Å². The van der Waals surface area contributed by atoms with Gasteiger partial charge in [0.05, 0.1) is 39.9 Å². The highest BCUT2D eigenvalue weighted by molar-refractivity contribution is 5.96. The Labute approximate surface area is 246 Å².